The van der Waals surface area contributed by atoms with E-state index < -0.39 is 49.0 Å². The van der Waals surface area contributed by atoms with Gasteiger partial charge in [0.15, 0.2) is 6.29 Å². The number of hydrogen-bond donors (Lipinski definition) is 5. The predicted octanol–water partition coefficient (Wildman–Crippen LogP) is -0.686. The van der Waals surface area contributed by atoms with Gasteiger partial charge in [0.25, 0.3) is 0 Å². The Bertz CT molecular complexity index is 532. The average Bonchev–Trinajstić information content (AvgIpc) is 2.74. The first-order valence-electron chi connectivity index (χ1n) is 9.56. The number of hydrogen-bond acceptors (Lipinski definition) is 8. The number of ether oxygens (including phenoxy) is 3. The molecule has 0 amide bonds. The number of aliphatic hydroxyl groups excluding tert-OH is 5. The first kappa shape index (κ1) is 21.1. The van der Waals surface area contributed by atoms with E-state index in [1.165, 1.54) is 0 Å². The van der Waals surface area contributed by atoms with Gasteiger partial charge < -0.3 is 39.7 Å². The van der Waals surface area contributed by atoms with Crippen LogP contribution < -0.4 is 0 Å². The largest absolute Gasteiger partial charge is 0.394 e. The molecule has 0 aromatic carbocycles. The summed E-state index contributed by atoms with van der Waals surface area (Å²) >= 11 is 0. The van der Waals surface area contributed by atoms with Crippen molar-refractivity contribution >= 4 is 0 Å². The molecule has 3 fully saturated rings. The van der Waals surface area contributed by atoms with Crippen LogP contribution in [0.2, 0.25) is 0 Å². The lowest BCUT2D eigenvalue weighted by molar-refractivity contribution is -0.316. The summed E-state index contributed by atoms with van der Waals surface area (Å²) in [5.74, 6) is 0.120. The van der Waals surface area contributed by atoms with E-state index in [0.29, 0.717) is 19.4 Å². The first-order valence-corrected chi connectivity index (χ1v) is 9.56. The molecular formula is C19H32O8. The first-order chi connectivity index (χ1) is 12.6. The van der Waals surface area contributed by atoms with Gasteiger partial charge in [0.1, 0.15) is 24.4 Å². The third-order valence-electron chi connectivity index (χ3n) is 6.22. The smallest absolute Gasteiger partial charge is 0.186 e. The highest BCUT2D eigenvalue weighted by Crippen LogP contribution is 2.55. The Morgan fingerprint density at radius 1 is 1.15 bits per heavy atom. The van der Waals surface area contributed by atoms with Gasteiger partial charge in [-0.1, -0.05) is 19.1 Å². The molecule has 0 unspecified atom stereocenters. The Morgan fingerprint density at radius 2 is 1.85 bits per heavy atom. The van der Waals surface area contributed by atoms with E-state index in [0.717, 1.165) is 0 Å². The predicted molar refractivity (Wildman–Crippen MR) is 94.6 cm³/mol. The van der Waals surface area contributed by atoms with Crippen LogP contribution in [0.5, 0.6) is 0 Å². The maximum Gasteiger partial charge on any atom is 0.186 e. The lowest BCUT2D eigenvalue weighted by atomic mass is 9.62. The number of fused-ring (bicyclic) bond motifs is 2. The molecule has 3 aliphatic rings. The molecule has 27 heavy (non-hydrogen) atoms. The number of rotatable bonds is 5. The lowest BCUT2D eigenvalue weighted by Crippen LogP contribution is -2.60. The van der Waals surface area contributed by atoms with Crippen molar-refractivity contribution in [1.29, 1.82) is 0 Å². The SMILES string of the molecule is C[C@@H](O)/C=C/[C@@H]1[C@@]2(C)CO[C@]1(C)C[C@@H](O[C@@H]1O[C@H](CO)[C@H](O)[C@H](O)[C@H]1O)C2. The molecule has 8 nitrogen and oxygen atoms in total. The van der Waals surface area contributed by atoms with E-state index in [2.05, 4.69) is 6.92 Å². The van der Waals surface area contributed by atoms with Gasteiger partial charge in [-0.15, -0.1) is 0 Å². The molecule has 2 heterocycles. The molecular weight excluding hydrogens is 356 g/mol. The molecule has 8 heteroatoms. The summed E-state index contributed by atoms with van der Waals surface area (Å²) < 4.78 is 17.5. The average molecular weight is 388 g/mol. The van der Waals surface area contributed by atoms with Gasteiger partial charge in [0.05, 0.1) is 31.0 Å². The minimum atomic E-state index is -1.45. The Hall–Kier alpha value is -0.580. The summed E-state index contributed by atoms with van der Waals surface area (Å²) in [7, 11) is 0. The molecule has 0 spiro atoms. The topological polar surface area (TPSA) is 129 Å². The molecule has 0 radical (unpaired) electrons. The van der Waals surface area contributed by atoms with Gasteiger partial charge in [0, 0.05) is 17.8 Å². The van der Waals surface area contributed by atoms with E-state index in [1.54, 1.807) is 13.0 Å². The molecule has 10 atom stereocenters. The third kappa shape index (κ3) is 3.95. The van der Waals surface area contributed by atoms with E-state index in [9.17, 15) is 25.5 Å². The Morgan fingerprint density at radius 3 is 2.44 bits per heavy atom. The molecule has 2 saturated heterocycles. The zero-order chi connectivity index (χ0) is 20.0. The number of aliphatic hydroxyl groups is 5. The van der Waals surface area contributed by atoms with Gasteiger partial charge in [-0.25, -0.2) is 0 Å². The third-order valence-corrected chi connectivity index (χ3v) is 6.22. The molecule has 2 aliphatic heterocycles. The van der Waals surface area contributed by atoms with Crippen molar-refractivity contribution < 1.29 is 39.7 Å². The molecule has 0 aromatic heterocycles. The van der Waals surface area contributed by atoms with Crippen LogP contribution >= 0.6 is 0 Å². The van der Waals surface area contributed by atoms with Crippen molar-refractivity contribution in [1.82, 2.24) is 0 Å². The quantitative estimate of drug-likeness (QED) is 0.392. The van der Waals surface area contributed by atoms with Gasteiger partial charge in [-0.05, 0) is 20.3 Å². The Labute approximate surface area is 159 Å². The van der Waals surface area contributed by atoms with Gasteiger partial charge in [0.2, 0.25) is 0 Å². The van der Waals surface area contributed by atoms with Gasteiger partial charge >= 0.3 is 0 Å². The molecule has 3 rings (SSSR count). The summed E-state index contributed by atoms with van der Waals surface area (Å²) in [5, 5.41) is 49.0. The summed E-state index contributed by atoms with van der Waals surface area (Å²) in [5.41, 5.74) is -0.672. The van der Waals surface area contributed by atoms with Gasteiger partial charge in [-0.2, -0.15) is 0 Å². The van der Waals surface area contributed by atoms with Crippen molar-refractivity contribution in [3.05, 3.63) is 12.2 Å². The van der Waals surface area contributed by atoms with Crippen LogP contribution in [0.15, 0.2) is 12.2 Å². The minimum absolute atomic E-state index is 0.120. The molecule has 2 bridgehead atoms. The van der Waals surface area contributed by atoms with Crippen molar-refractivity contribution in [3.63, 3.8) is 0 Å². The second-order valence-electron chi connectivity index (χ2n) is 8.72. The molecule has 5 N–H and O–H groups in total. The normalized spacial score (nSPS) is 51.6. The highest BCUT2D eigenvalue weighted by molar-refractivity contribution is 5.15. The maximum atomic E-state index is 10.2. The van der Waals surface area contributed by atoms with E-state index in [-0.39, 0.29) is 17.4 Å². The molecule has 1 saturated carbocycles. The highest BCUT2D eigenvalue weighted by atomic mass is 16.7. The minimum Gasteiger partial charge on any atom is -0.394 e. The fourth-order valence-electron chi connectivity index (χ4n) is 4.84. The lowest BCUT2D eigenvalue weighted by Gasteiger charge is -2.47. The van der Waals surface area contributed by atoms with E-state index >= 15 is 0 Å². The monoisotopic (exact) mass is 388 g/mol. The van der Waals surface area contributed by atoms with Crippen LogP contribution in [-0.2, 0) is 14.2 Å². The zero-order valence-electron chi connectivity index (χ0n) is 16.1. The van der Waals surface area contributed by atoms with E-state index in [1.807, 2.05) is 13.0 Å². The zero-order valence-corrected chi connectivity index (χ0v) is 16.1. The Kier molecular flexibility index (Phi) is 6.01. The highest BCUT2D eigenvalue weighted by Gasteiger charge is 2.58. The van der Waals surface area contributed by atoms with E-state index in [4.69, 9.17) is 14.2 Å². The molecule has 0 aromatic rings. The van der Waals surface area contributed by atoms with Crippen LogP contribution in [0.25, 0.3) is 0 Å². The summed E-state index contributed by atoms with van der Waals surface area (Å²) in [6, 6.07) is 0. The fourth-order valence-corrected chi connectivity index (χ4v) is 4.84. The standard InChI is InChI=1S/C19H32O8/c1-10(21)4-5-13-18(2)6-11(7-19(13,3)25-9-18)26-17-16(24)15(23)14(22)12(8-20)27-17/h4-5,10-17,20-24H,6-9H2,1-3H3/b5-4+/t10-,11+,12-,13-,14+,15+,16-,17-,18-,19-/m1/s1. The van der Waals surface area contributed by atoms with Crippen LogP contribution in [0.1, 0.15) is 33.6 Å². The second kappa shape index (κ2) is 7.68. The Balaban J connectivity index is 1.72. The van der Waals surface area contributed by atoms with Gasteiger partial charge in [-0.3, -0.25) is 0 Å². The van der Waals surface area contributed by atoms with Crippen LogP contribution in [0.3, 0.4) is 0 Å². The maximum absolute atomic E-state index is 10.2. The van der Waals surface area contributed by atoms with Crippen molar-refractivity contribution in [3.8, 4) is 0 Å². The van der Waals surface area contributed by atoms with Crippen LogP contribution in [0.4, 0.5) is 0 Å². The summed E-state index contributed by atoms with van der Waals surface area (Å²) in [4.78, 5) is 0. The summed E-state index contributed by atoms with van der Waals surface area (Å²) in [6.07, 6.45) is -2.18. The van der Waals surface area contributed by atoms with Crippen molar-refractivity contribution in [2.45, 2.75) is 82.1 Å². The van der Waals surface area contributed by atoms with Crippen LogP contribution in [-0.4, -0.2) is 87.3 Å². The fraction of sp³-hybridized carbons (Fsp3) is 0.895. The van der Waals surface area contributed by atoms with Crippen molar-refractivity contribution in [2.75, 3.05) is 13.2 Å². The molecule has 156 valence electrons. The second-order valence-corrected chi connectivity index (χ2v) is 8.72. The van der Waals surface area contributed by atoms with Crippen molar-refractivity contribution in [2.24, 2.45) is 11.3 Å². The van der Waals surface area contributed by atoms with Crippen LogP contribution in [0, 0.1) is 11.3 Å². The summed E-state index contributed by atoms with van der Waals surface area (Å²) in [6.45, 7) is 5.90. The molecule has 1 aliphatic carbocycles.